The molecule has 2 fully saturated rings. The minimum Gasteiger partial charge on any atom is -0.347 e. The molecule has 0 aromatic heterocycles. The minimum atomic E-state index is -0.459. The summed E-state index contributed by atoms with van der Waals surface area (Å²) in [5.41, 5.74) is -0.107. The van der Waals surface area contributed by atoms with Crippen LogP contribution in [0.3, 0.4) is 0 Å². The van der Waals surface area contributed by atoms with Gasteiger partial charge in [0, 0.05) is 23.7 Å². The van der Waals surface area contributed by atoms with Gasteiger partial charge in [0.05, 0.1) is 13.2 Å². The van der Waals surface area contributed by atoms with Crippen molar-refractivity contribution in [3.8, 4) is 0 Å². The second-order valence-corrected chi connectivity index (χ2v) is 5.89. The number of carbonyl (C=O) groups is 1. The number of rotatable bonds is 0. The first-order chi connectivity index (χ1) is 8.15. The van der Waals surface area contributed by atoms with Crippen LogP contribution in [0.2, 0.25) is 0 Å². The number of allylic oxidation sites excluding steroid dienone is 3. The Hall–Kier alpha value is -0.930. The first kappa shape index (κ1) is 10.0. The average Bonchev–Trinajstić information content (AvgIpc) is 2.88. The van der Waals surface area contributed by atoms with Crippen molar-refractivity contribution in [1.82, 2.24) is 0 Å². The molecule has 1 heterocycles. The van der Waals surface area contributed by atoms with Crippen molar-refractivity contribution in [2.75, 3.05) is 13.2 Å². The fourth-order valence-electron chi connectivity index (χ4n) is 4.28. The predicted octanol–water partition coefficient (Wildman–Crippen LogP) is 1.70. The molecule has 5 aliphatic rings. The Morgan fingerprint density at radius 2 is 2.06 bits per heavy atom. The number of carbonyl (C=O) groups excluding carboxylic acids is 1. The van der Waals surface area contributed by atoms with E-state index in [2.05, 4.69) is 25.2 Å². The molecule has 4 atom stereocenters. The van der Waals surface area contributed by atoms with E-state index < -0.39 is 5.79 Å². The third-order valence-corrected chi connectivity index (χ3v) is 4.89. The van der Waals surface area contributed by atoms with E-state index in [0.717, 1.165) is 6.42 Å². The predicted molar refractivity (Wildman–Crippen MR) is 61.1 cm³/mol. The van der Waals surface area contributed by atoms with Crippen molar-refractivity contribution in [3.63, 3.8) is 0 Å². The van der Waals surface area contributed by atoms with Crippen LogP contribution in [-0.2, 0) is 14.3 Å². The van der Waals surface area contributed by atoms with Gasteiger partial charge in [0.1, 0.15) is 0 Å². The van der Waals surface area contributed by atoms with Gasteiger partial charge in [-0.25, -0.2) is 0 Å². The third kappa shape index (κ3) is 1.07. The molecule has 0 amide bonds. The Bertz CT molecular complexity index is 444. The Morgan fingerprint density at radius 3 is 2.82 bits per heavy atom. The van der Waals surface area contributed by atoms with Crippen LogP contribution in [-0.4, -0.2) is 24.8 Å². The Labute approximate surface area is 100 Å². The van der Waals surface area contributed by atoms with Gasteiger partial charge >= 0.3 is 0 Å². The molecule has 0 radical (unpaired) electrons. The maximum Gasteiger partial charge on any atom is 0.176 e. The lowest BCUT2D eigenvalue weighted by atomic mass is 9.53. The van der Waals surface area contributed by atoms with Crippen molar-refractivity contribution < 1.29 is 14.3 Å². The summed E-state index contributed by atoms with van der Waals surface area (Å²) in [6.45, 7) is 3.51. The molecule has 1 saturated carbocycles. The summed E-state index contributed by atoms with van der Waals surface area (Å²) in [4.78, 5) is 12.0. The van der Waals surface area contributed by atoms with Crippen LogP contribution in [0.1, 0.15) is 13.3 Å². The quantitative estimate of drug-likeness (QED) is 0.596. The van der Waals surface area contributed by atoms with E-state index in [1.54, 1.807) is 6.08 Å². The molecular weight excluding hydrogens is 216 g/mol. The molecule has 1 saturated heterocycles. The maximum absolute atomic E-state index is 12.0. The SMILES string of the molecule is CC12C=CC(C3C=CC(=O)C31)C1(C2)OCCO1. The summed E-state index contributed by atoms with van der Waals surface area (Å²) in [6.07, 6.45) is 9.04. The molecule has 90 valence electrons. The molecule has 1 aliphatic heterocycles. The highest BCUT2D eigenvalue weighted by atomic mass is 16.7. The summed E-state index contributed by atoms with van der Waals surface area (Å²) < 4.78 is 11.8. The smallest absolute Gasteiger partial charge is 0.176 e. The zero-order chi connectivity index (χ0) is 11.7. The molecule has 0 N–H and O–H groups in total. The zero-order valence-corrected chi connectivity index (χ0v) is 9.89. The van der Waals surface area contributed by atoms with E-state index in [4.69, 9.17) is 9.47 Å². The normalized spacial score (nSPS) is 49.2. The molecule has 17 heavy (non-hydrogen) atoms. The van der Waals surface area contributed by atoms with Crippen LogP contribution in [0.4, 0.5) is 0 Å². The van der Waals surface area contributed by atoms with Gasteiger partial charge in [0.15, 0.2) is 11.6 Å². The molecular formula is C14H16O3. The molecule has 4 unspecified atom stereocenters. The summed E-state index contributed by atoms with van der Waals surface area (Å²) in [6, 6.07) is 0. The molecule has 0 aromatic carbocycles. The molecule has 5 rings (SSSR count). The summed E-state index contributed by atoms with van der Waals surface area (Å²) >= 11 is 0. The minimum absolute atomic E-state index is 0.107. The second kappa shape index (κ2) is 2.90. The Kier molecular flexibility index (Phi) is 1.71. The maximum atomic E-state index is 12.0. The Morgan fingerprint density at radius 1 is 1.29 bits per heavy atom. The van der Waals surface area contributed by atoms with Gasteiger partial charge in [-0.1, -0.05) is 25.2 Å². The van der Waals surface area contributed by atoms with E-state index in [1.807, 2.05) is 0 Å². The zero-order valence-electron chi connectivity index (χ0n) is 9.89. The van der Waals surface area contributed by atoms with Crippen LogP contribution < -0.4 is 0 Å². The van der Waals surface area contributed by atoms with Crippen molar-refractivity contribution in [3.05, 3.63) is 24.3 Å². The van der Waals surface area contributed by atoms with Crippen molar-refractivity contribution in [2.24, 2.45) is 23.2 Å². The number of ketones is 1. The second-order valence-electron chi connectivity index (χ2n) is 5.89. The van der Waals surface area contributed by atoms with Crippen LogP contribution in [0, 0.1) is 23.2 Å². The summed E-state index contributed by atoms with van der Waals surface area (Å²) in [7, 11) is 0. The highest BCUT2D eigenvalue weighted by Crippen LogP contribution is 2.61. The van der Waals surface area contributed by atoms with Gasteiger partial charge in [-0.2, -0.15) is 0 Å². The molecule has 1 spiro atoms. The molecule has 2 bridgehead atoms. The Balaban J connectivity index is 1.84. The van der Waals surface area contributed by atoms with E-state index in [9.17, 15) is 4.79 Å². The topological polar surface area (TPSA) is 35.5 Å². The number of hydrogen-bond donors (Lipinski definition) is 0. The van der Waals surface area contributed by atoms with E-state index in [1.165, 1.54) is 0 Å². The van der Waals surface area contributed by atoms with Gasteiger partial charge in [0.25, 0.3) is 0 Å². The van der Waals surface area contributed by atoms with Gasteiger partial charge < -0.3 is 9.47 Å². The molecule has 3 heteroatoms. The molecule has 3 nitrogen and oxygen atoms in total. The summed E-state index contributed by atoms with van der Waals surface area (Å²) in [5.74, 6) is 0.402. The van der Waals surface area contributed by atoms with Crippen LogP contribution >= 0.6 is 0 Å². The highest BCUT2D eigenvalue weighted by molar-refractivity contribution is 5.96. The third-order valence-electron chi connectivity index (χ3n) is 4.89. The number of ether oxygens (including phenoxy) is 2. The fraction of sp³-hybridized carbons (Fsp3) is 0.643. The lowest BCUT2D eigenvalue weighted by Crippen LogP contribution is -2.58. The van der Waals surface area contributed by atoms with Crippen LogP contribution in [0.5, 0.6) is 0 Å². The van der Waals surface area contributed by atoms with Gasteiger partial charge in [-0.05, 0) is 12.0 Å². The number of hydrogen-bond acceptors (Lipinski definition) is 3. The molecule has 0 aromatic rings. The summed E-state index contributed by atoms with van der Waals surface area (Å²) in [5, 5.41) is 0. The van der Waals surface area contributed by atoms with Gasteiger partial charge in [-0.15, -0.1) is 0 Å². The monoisotopic (exact) mass is 232 g/mol. The molecule has 4 aliphatic carbocycles. The van der Waals surface area contributed by atoms with Crippen molar-refractivity contribution in [2.45, 2.75) is 19.1 Å². The first-order valence-corrected chi connectivity index (χ1v) is 6.34. The lowest BCUT2D eigenvalue weighted by Gasteiger charge is -2.55. The standard InChI is InChI=1S/C14H16O3/c1-13-5-4-10(9-2-3-11(15)12(9)13)14(8-13)16-6-7-17-14/h2-5,9-10,12H,6-8H2,1H3. The fourth-order valence-corrected chi connectivity index (χ4v) is 4.28. The van der Waals surface area contributed by atoms with Crippen molar-refractivity contribution >= 4 is 5.78 Å². The van der Waals surface area contributed by atoms with Gasteiger partial charge in [-0.3, -0.25) is 4.79 Å². The van der Waals surface area contributed by atoms with E-state index in [-0.39, 0.29) is 29.0 Å². The highest BCUT2D eigenvalue weighted by Gasteiger charge is 2.63. The van der Waals surface area contributed by atoms with E-state index >= 15 is 0 Å². The largest absolute Gasteiger partial charge is 0.347 e. The average molecular weight is 232 g/mol. The first-order valence-electron chi connectivity index (χ1n) is 6.34. The van der Waals surface area contributed by atoms with Crippen LogP contribution in [0.25, 0.3) is 0 Å². The van der Waals surface area contributed by atoms with Gasteiger partial charge in [0.2, 0.25) is 0 Å². The van der Waals surface area contributed by atoms with Crippen molar-refractivity contribution in [1.29, 1.82) is 0 Å². The van der Waals surface area contributed by atoms with Crippen LogP contribution in [0.15, 0.2) is 24.3 Å². The lowest BCUT2D eigenvalue weighted by molar-refractivity contribution is -0.241. The van der Waals surface area contributed by atoms with E-state index in [0.29, 0.717) is 13.2 Å².